The highest BCUT2D eigenvalue weighted by atomic mass is 16.5. The van der Waals surface area contributed by atoms with Crippen LogP contribution in [0.2, 0.25) is 0 Å². The number of carbonyl (C=O) groups excluding carboxylic acids is 1. The predicted molar refractivity (Wildman–Crippen MR) is 94.3 cm³/mol. The largest absolute Gasteiger partial charge is 0.336 e. The van der Waals surface area contributed by atoms with Crippen molar-refractivity contribution in [2.45, 2.75) is 25.8 Å². The molecule has 3 aromatic rings. The van der Waals surface area contributed by atoms with Crippen LogP contribution >= 0.6 is 0 Å². The van der Waals surface area contributed by atoms with Crippen molar-refractivity contribution in [3.63, 3.8) is 0 Å². The fraction of sp³-hybridized carbons (Fsp3) is 0.316. The zero-order valence-corrected chi connectivity index (χ0v) is 14.3. The van der Waals surface area contributed by atoms with Crippen LogP contribution in [0.3, 0.4) is 0 Å². The molecule has 2 aromatic heterocycles. The molecule has 0 unspecified atom stereocenters. The van der Waals surface area contributed by atoms with Gasteiger partial charge in [-0.1, -0.05) is 35.5 Å². The Hall–Kier alpha value is -2.73. The van der Waals surface area contributed by atoms with Crippen molar-refractivity contribution in [2.24, 2.45) is 5.73 Å². The Morgan fingerprint density at radius 1 is 1.24 bits per heavy atom. The lowest BCUT2D eigenvalue weighted by Crippen LogP contribution is -2.32. The molecule has 0 aliphatic carbocycles. The summed E-state index contributed by atoms with van der Waals surface area (Å²) in [6.07, 6.45) is 0. The van der Waals surface area contributed by atoms with E-state index in [-0.39, 0.29) is 17.9 Å². The summed E-state index contributed by atoms with van der Waals surface area (Å²) in [4.78, 5) is 19.3. The molecule has 6 heteroatoms. The Morgan fingerprint density at radius 3 is 2.76 bits per heavy atom. The smallest absolute Gasteiger partial charge is 0.258 e. The van der Waals surface area contributed by atoms with Crippen LogP contribution in [-0.2, 0) is 0 Å². The number of aryl methyl sites for hydroxylation is 2. The molecule has 1 saturated heterocycles. The Labute approximate surface area is 145 Å². The first-order chi connectivity index (χ1) is 12.0. The van der Waals surface area contributed by atoms with Crippen molar-refractivity contribution in [1.29, 1.82) is 0 Å². The van der Waals surface area contributed by atoms with E-state index in [4.69, 9.17) is 10.3 Å². The third-order valence-electron chi connectivity index (χ3n) is 4.86. The average Bonchev–Trinajstić information content (AvgIpc) is 3.17. The molecule has 4 rings (SSSR count). The Morgan fingerprint density at radius 2 is 2.00 bits per heavy atom. The number of likely N-dealkylation sites (tertiary alicyclic amines) is 1. The maximum atomic E-state index is 13.2. The van der Waals surface area contributed by atoms with Crippen molar-refractivity contribution < 1.29 is 9.32 Å². The molecule has 0 radical (unpaired) electrons. The first-order valence-corrected chi connectivity index (χ1v) is 8.38. The molecule has 3 heterocycles. The number of benzene rings is 1. The first kappa shape index (κ1) is 15.8. The number of fused-ring (bicyclic) bond motifs is 1. The number of nitrogens with two attached hydrogens (primary N) is 1. The van der Waals surface area contributed by atoms with Crippen LogP contribution in [0.15, 0.2) is 40.9 Å². The third kappa shape index (κ3) is 2.68. The van der Waals surface area contributed by atoms with Gasteiger partial charge >= 0.3 is 0 Å². The molecule has 0 saturated carbocycles. The lowest BCUT2D eigenvalue weighted by molar-refractivity contribution is 0.0791. The van der Waals surface area contributed by atoms with E-state index in [1.807, 2.05) is 36.9 Å². The van der Waals surface area contributed by atoms with Crippen LogP contribution < -0.4 is 5.73 Å². The van der Waals surface area contributed by atoms with Crippen LogP contribution in [0, 0.1) is 13.8 Å². The van der Waals surface area contributed by atoms with Crippen molar-refractivity contribution in [1.82, 2.24) is 15.0 Å². The van der Waals surface area contributed by atoms with E-state index in [0.717, 1.165) is 5.69 Å². The van der Waals surface area contributed by atoms with E-state index in [9.17, 15) is 4.79 Å². The van der Waals surface area contributed by atoms with Gasteiger partial charge in [0.2, 0.25) is 0 Å². The summed E-state index contributed by atoms with van der Waals surface area (Å²) in [6, 6.07) is 11.8. The van der Waals surface area contributed by atoms with Gasteiger partial charge in [-0.25, -0.2) is 4.98 Å². The zero-order chi connectivity index (χ0) is 17.6. The first-order valence-electron chi connectivity index (χ1n) is 8.38. The highest BCUT2D eigenvalue weighted by Gasteiger charge is 2.35. The number of pyridine rings is 1. The molecule has 25 heavy (non-hydrogen) atoms. The van der Waals surface area contributed by atoms with Crippen LogP contribution in [0.5, 0.6) is 0 Å². The SMILES string of the molecule is Cc1cc(C(=O)N2C[C@H](c3ccccc3)[C@@H](N)C2)c2c(C)noc2n1. The van der Waals surface area contributed by atoms with Gasteiger partial charge in [0.15, 0.2) is 0 Å². The summed E-state index contributed by atoms with van der Waals surface area (Å²) in [7, 11) is 0. The van der Waals surface area contributed by atoms with Gasteiger partial charge in [-0.05, 0) is 25.5 Å². The summed E-state index contributed by atoms with van der Waals surface area (Å²) in [5.41, 5.74) is 9.90. The minimum absolute atomic E-state index is 0.0457. The fourth-order valence-corrected chi connectivity index (χ4v) is 3.60. The lowest BCUT2D eigenvalue weighted by Gasteiger charge is -2.17. The minimum atomic E-state index is -0.0756. The summed E-state index contributed by atoms with van der Waals surface area (Å²) in [5.74, 6) is 0.0998. The van der Waals surface area contributed by atoms with E-state index in [1.165, 1.54) is 5.56 Å². The number of amides is 1. The van der Waals surface area contributed by atoms with Gasteiger partial charge < -0.3 is 15.2 Å². The van der Waals surface area contributed by atoms with E-state index in [0.29, 0.717) is 35.4 Å². The van der Waals surface area contributed by atoms with Crippen LogP contribution in [-0.4, -0.2) is 40.1 Å². The van der Waals surface area contributed by atoms with Gasteiger partial charge in [-0.15, -0.1) is 0 Å². The molecule has 2 N–H and O–H groups in total. The van der Waals surface area contributed by atoms with E-state index >= 15 is 0 Å². The zero-order valence-electron chi connectivity index (χ0n) is 14.3. The molecule has 6 nitrogen and oxygen atoms in total. The molecule has 1 fully saturated rings. The normalized spacial score (nSPS) is 20.4. The second-order valence-corrected chi connectivity index (χ2v) is 6.65. The fourth-order valence-electron chi connectivity index (χ4n) is 3.60. The standard InChI is InChI=1S/C19H20N4O2/c1-11-8-14(17-12(2)22-25-18(17)21-11)19(24)23-9-15(16(20)10-23)13-6-4-3-5-7-13/h3-8,15-16H,9-10,20H2,1-2H3/t15-,16+/m1/s1. The number of hydrogen-bond donors (Lipinski definition) is 1. The van der Waals surface area contributed by atoms with Gasteiger partial charge in [0, 0.05) is 30.7 Å². The van der Waals surface area contributed by atoms with Crippen molar-refractivity contribution in [3.8, 4) is 0 Å². The lowest BCUT2D eigenvalue weighted by atomic mass is 9.95. The molecule has 1 amide bonds. The van der Waals surface area contributed by atoms with Gasteiger partial charge in [0.05, 0.1) is 16.6 Å². The van der Waals surface area contributed by atoms with E-state index in [1.54, 1.807) is 6.07 Å². The highest BCUT2D eigenvalue weighted by molar-refractivity contribution is 6.06. The predicted octanol–water partition coefficient (Wildman–Crippen LogP) is 2.41. The molecule has 1 aromatic carbocycles. The quantitative estimate of drug-likeness (QED) is 0.777. The van der Waals surface area contributed by atoms with Crippen molar-refractivity contribution in [2.75, 3.05) is 13.1 Å². The van der Waals surface area contributed by atoms with Crippen LogP contribution in [0.1, 0.15) is 33.2 Å². The number of nitrogens with zero attached hydrogens (tertiary/aromatic N) is 3. The minimum Gasteiger partial charge on any atom is -0.336 e. The second-order valence-electron chi connectivity index (χ2n) is 6.65. The molecular weight excluding hydrogens is 316 g/mol. The molecule has 0 spiro atoms. The Balaban J connectivity index is 1.68. The monoisotopic (exact) mass is 336 g/mol. The molecule has 1 aliphatic heterocycles. The second kappa shape index (κ2) is 5.97. The summed E-state index contributed by atoms with van der Waals surface area (Å²) in [5, 5.41) is 4.64. The summed E-state index contributed by atoms with van der Waals surface area (Å²) < 4.78 is 5.24. The van der Waals surface area contributed by atoms with Crippen LogP contribution in [0.4, 0.5) is 0 Å². The van der Waals surface area contributed by atoms with Gasteiger partial charge in [-0.3, -0.25) is 4.79 Å². The summed E-state index contributed by atoms with van der Waals surface area (Å²) in [6.45, 7) is 4.81. The molecule has 128 valence electrons. The van der Waals surface area contributed by atoms with E-state index in [2.05, 4.69) is 22.3 Å². The van der Waals surface area contributed by atoms with E-state index < -0.39 is 0 Å². The van der Waals surface area contributed by atoms with Crippen molar-refractivity contribution in [3.05, 3.63) is 58.9 Å². The summed E-state index contributed by atoms with van der Waals surface area (Å²) >= 11 is 0. The van der Waals surface area contributed by atoms with Crippen molar-refractivity contribution >= 4 is 17.0 Å². The third-order valence-corrected chi connectivity index (χ3v) is 4.86. The number of rotatable bonds is 2. The maximum absolute atomic E-state index is 13.2. The number of aromatic nitrogens is 2. The Bertz CT molecular complexity index is 935. The molecule has 1 aliphatic rings. The topological polar surface area (TPSA) is 85.2 Å². The number of carbonyl (C=O) groups is 1. The molecular formula is C19H20N4O2. The maximum Gasteiger partial charge on any atom is 0.258 e. The highest BCUT2D eigenvalue weighted by Crippen LogP contribution is 2.29. The molecule has 2 atom stereocenters. The van der Waals surface area contributed by atoms with Gasteiger partial charge in [0.1, 0.15) is 0 Å². The molecule has 0 bridgehead atoms. The van der Waals surface area contributed by atoms with Crippen LogP contribution in [0.25, 0.3) is 11.1 Å². The average molecular weight is 336 g/mol. The van der Waals surface area contributed by atoms with Gasteiger partial charge in [-0.2, -0.15) is 0 Å². The number of hydrogen-bond acceptors (Lipinski definition) is 5. The van der Waals surface area contributed by atoms with Gasteiger partial charge in [0.25, 0.3) is 11.6 Å². The Kier molecular flexibility index (Phi) is 3.77.